The minimum atomic E-state index is -0.788. The maximum atomic E-state index is 12.4. The lowest BCUT2D eigenvalue weighted by Crippen LogP contribution is -2.36. The van der Waals surface area contributed by atoms with E-state index in [1.165, 1.54) is 23.4 Å². The molecule has 0 radical (unpaired) electrons. The molecule has 2 N–H and O–H groups in total. The van der Waals surface area contributed by atoms with Gasteiger partial charge in [0.25, 0.3) is 5.56 Å². The van der Waals surface area contributed by atoms with E-state index in [-0.39, 0.29) is 10.8 Å². The fraction of sp³-hybridized carbons (Fsp3) is 0.190. The minimum absolute atomic E-state index is 0.262. The van der Waals surface area contributed by atoms with Crippen molar-refractivity contribution in [1.82, 2.24) is 19.1 Å². The van der Waals surface area contributed by atoms with Crippen LogP contribution in [0.3, 0.4) is 0 Å². The van der Waals surface area contributed by atoms with Crippen LogP contribution in [-0.2, 0) is 14.1 Å². The summed E-state index contributed by atoms with van der Waals surface area (Å²) in [6, 6.07) is 19.0. The van der Waals surface area contributed by atoms with Crippen LogP contribution in [0.4, 0.5) is 0 Å². The Morgan fingerprint density at radius 3 is 2.14 bits per heavy atom. The molecule has 0 aliphatic carbocycles. The Morgan fingerprint density at radius 2 is 1.52 bits per heavy atom. The molecule has 7 nitrogen and oxygen atoms in total. The number of H-pyrrole nitrogens is 1. The second kappa shape index (κ2) is 7.73. The zero-order chi connectivity index (χ0) is 20.5. The van der Waals surface area contributed by atoms with Gasteiger partial charge in [0.1, 0.15) is 0 Å². The fourth-order valence-corrected chi connectivity index (χ4v) is 4.38. The number of thioether (sulfide) groups is 1. The lowest BCUT2D eigenvalue weighted by molar-refractivity contribution is 0.175. The molecule has 8 heteroatoms. The third kappa shape index (κ3) is 3.52. The van der Waals surface area contributed by atoms with Crippen LogP contribution >= 0.6 is 11.8 Å². The smallest absolute Gasteiger partial charge is 0.332 e. The molecule has 0 amide bonds. The number of hydrogen-bond donors (Lipinski definition) is 2. The van der Waals surface area contributed by atoms with Gasteiger partial charge in [-0.1, -0.05) is 72.4 Å². The minimum Gasteiger partial charge on any atom is -0.387 e. The summed E-state index contributed by atoms with van der Waals surface area (Å²) in [7, 11) is 3.01. The van der Waals surface area contributed by atoms with Gasteiger partial charge in [0.15, 0.2) is 16.3 Å². The number of aromatic nitrogens is 4. The Labute approximate surface area is 170 Å². The van der Waals surface area contributed by atoms with Crippen molar-refractivity contribution in [2.45, 2.75) is 16.5 Å². The van der Waals surface area contributed by atoms with Crippen molar-refractivity contribution in [3.8, 4) is 0 Å². The topological polar surface area (TPSA) is 92.9 Å². The van der Waals surface area contributed by atoms with Crippen molar-refractivity contribution >= 4 is 22.9 Å². The fourth-order valence-electron chi connectivity index (χ4n) is 3.26. The van der Waals surface area contributed by atoms with Crippen LogP contribution in [0.2, 0.25) is 0 Å². The van der Waals surface area contributed by atoms with Gasteiger partial charge in [0.2, 0.25) is 0 Å². The number of hydrogen-bond acceptors (Lipinski definition) is 5. The molecule has 148 valence electrons. The first-order valence-corrected chi connectivity index (χ1v) is 9.95. The molecule has 0 aliphatic rings. The van der Waals surface area contributed by atoms with Gasteiger partial charge in [0, 0.05) is 14.1 Å². The molecular formula is C21H20N4O3S. The van der Waals surface area contributed by atoms with E-state index in [1.807, 2.05) is 60.7 Å². The molecule has 2 aromatic carbocycles. The standard InChI is InChI=1S/C21H20N4O3S/c1-24-18-15(19(27)25(2)21(24)28)22-20(23-18)29-17(14-11-7-4-8-12-14)16(26)13-9-5-3-6-10-13/h3-12,16-17,26H,1-2H3,(H,22,23)/t16-,17-/m1/s1. The van der Waals surface area contributed by atoms with E-state index in [1.54, 1.807) is 7.05 Å². The molecule has 0 bridgehead atoms. The number of nitrogens with one attached hydrogen (secondary N) is 1. The molecule has 29 heavy (non-hydrogen) atoms. The number of imidazole rings is 1. The third-order valence-electron chi connectivity index (χ3n) is 4.87. The van der Waals surface area contributed by atoms with Crippen molar-refractivity contribution in [2.24, 2.45) is 14.1 Å². The second-order valence-corrected chi connectivity index (χ2v) is 7.88. The van der Waals surface area contributed by atoms with Crippen LogP contribution < -0.4 is 11.2 Å². The Hall–Kier alpha value is -3.10. The Morgan fingerprint density at radius 1 is 0.931 bits per heavy atom. The first-order valence-electron chi connectivity index (χ1n) is 9.07. The van der Waals surface area contributed by atoms with E-state index in [0.717, 1.165) is 15.7 Å². The normalized spacial score (nSPS) is 13.5. The van der Waals surface area contributed by atoms with Gasteiger partial charge >= 0.3 is 5.69 Å². The number of aliphatic hydroxyl groups excluding tert-OH is 1. The van der Waals surface area contributed by atoms with Crippen LogP contribution in [0.15, 0.2) is 75.4 Å². The zero-order valence-electron chi connectivity index (χ0n) is 15.9. The molecule has 4 aromatic rings. The van der Waals surface area contributed by atoms with Crippen LogP contribution in [0, 0.1) is 0 Å². The van der Waals surface area contributed by atoms with Crippen LogP contribution in [-0.4, -0.2) is 24.2 Å². The molecule has 0 fully saturated rings. The van der Waals surface area contributed by atoms with Crippen molar-refractivity contribution in [2.75, 3.05) is 0 Å². The summed E-state index contributed by atoms with van der Waals surface area (Å²) in [6.45, 7) is 0. The first-order chi connectivity index (χ1) is 14.0. The highest BCUT2D eigenvalue weighted by molar-refractivity contribution is 7.99. The molecule has 2 atom stereocenters. The highest BCUT2D eigenvalue weighted by Crippen LogP contribution is 2.43. The summed E-state index contributed by atoms with van der Waals surface area (Å²) < 4.78 is 2.38. The van der Waals surface area contributed by atoms with E-state index in [2.05, 4.69) is 9.97 Å². The molecule has 0 aliphatic heterocycles. The van der Waals surface area contributed by atoms with E-state index in [4.69, 9.17) is 0 Å². The number of benzene rings is 2. The number of aliphatic hydroxyl groups is 1. The molecule has 2 heterocycles. The third-order valence-corrected chi connectivity index (χ3v) is 6.07. The summed E-state index contributed by atoms with van der Waals surface area (Å²) in [5.41, 5.74) is 1.40. The summed E-state index contributed by atoms with van der Waals surface area (Å²) in [4.78, 5) is 32.1. The Kier molecular flexibility index (Phi) is 5.12. The summed E-state index contributed by atoms with van der Waals surface area (Å²) in [5.74, 6) is 0. The Balaban J connectivity index is 1.79. The van der Waals surface area contributed by atoms with E-state index in [9.17, 15) is 14.7 Å². The lowest BCUT2D eigenvalue weighted by atomic mass is 10.0. The summed E-state index contributed by atoms with van der Waals surface area (Å²) >= 11 is 1.32. The highest BCUT2D eigenvalue weighted by Gasteiger charge is 2.26. The molecule has 0 saturated carbocycles. The number of nitrogens with zero attached hydrogens (tertiary/aromatic N) is 3. The van der Waals surface area contributed by atoms with Crippen LogP contribution in [0.5, 0.6) is 0 Å². The summed E-state index contributed by atoms with van der Waals surface area (Å²) in [5, 5.41) is 11.2. The molecule has 2 aromatic heterocycles. The number of fused-ring (bicyclic) bond motifs is 1. The molecule has 4 rings (SSSR count). The monoisotopic (exact) mass is 408 g/mol. The lowest BCUT2D eigenvalue weighted by Gasteiger charge is -2.22. The van der Waals surface area contributed by atoms with Crippen molar-refractivity contribution < 1.29 is 5.11 Å². The van der Waals surface area contributed by atoms with E-state index >= 15 is 0 Å². The first kappa shape index (κ1) is 19.2. The largest absolute Gasteiger partial charge is 0.387 e. The molecular weight excluding hydrogens is 388 g/mol. The molecule has 0 saturated heterocycles. The maximum Gasteiger partial charge on any atom is 0.332 e. The molecule has 0 unspecified atom stereocenters. The van der Waals surface area contributed by atoms with Gasteiger partial charge in [-0.05, 0) is 11.1 Å². The van der Waals surface area contributed by atoms with Crippen molar-refractivity contribution in [1.29, 1.82) is 0 Å². The highest BCUT2D eigenvalue weighted by atomic mass is 32.2. The Bertz CT molecular complexity index is 1260. The predicted molar refractivity (Wildman–Crippen MR) is 113 cm³/mol. The van der Waals surface area contributed by atoms with Gasteiger partial charge < -0.3 is 10.1 Å². The number of aromatic amines is 1. The average Bonchev–Trinajstić information content (AvgIpc) is 3.19. The van der Waals surface area contributed by atoms with Gasteiger partial charge in [-0.2, -0.15) is 0 Å². The van der Waals surface area contributed by atoms with E-state index in [0.29, 0.717) is 10.8 Å². The van der Waals surface area contributed by atoms with Gasteiger partial charge in [-0.3, -0.25) is 13.9 Å². The van der Waals surface area contributed by atoms with Gasteiger partial charge in [0.05, 0.1) is 11.4 Å². The quantitative estimate of drug-likeness (QED) is 0.495. The average molecular weight is 408 g/mol. The SMILES string of the molecule is Cn1c(=O)c2[nH]c(S[C@H](c3ccccc3)[C@H](O)c3ccccc3)nc2n(C)c1=O. The van der Waals surface area contributed by atoms with Gasteiger partial charge in [-0.15, -0.1) is 0 Å². The second-order valence-electron chi connectivity index (χ2n) is 6.75. The van der Waals surface area contributed by atoms with Crippen LogP contribution in [0.1, 0.15) is 22.5 Å². The number of rotatable bonds is 5. The summed E-state index contributed by atoms with van der Waals surface area (Å²) in [6.07, 6.45) is -0.788. The maximum absolute atomic E-state index is 12.4. The van der Waals surface area contributed by atoms with E-state index < -0.39 is 17.4 Å². The van der Waals surface area contributed by atoms with Gasteiger partial charge in [-0.25, -0.2) is 9.78 Å². The zero-order valence-corrected chi connectivity index (χ0v) is 16.8. The predicted octanol–water partition coefficient (Wildman–Crippen LogP) is 2.53. The number of aryl methyl sites for hydroxylation is 1. The molecule has 0 spiro atoms. The van der Waals surface area contributed by atoms with Crippen LogP contribution in [0.25, 0.3) is 11.2 Å². The van der Waals surface area contributed by atoms with Crippen molar-refractivity contribution in [3.63, 3.8) is 0 Å². The van der Waals surface area contributed by atoms with Crippen molar-refractivity contribution in [3.05, 3.63) is 92.6 Å².